The molecule has 11 nitrogen and oxygen atoms in total. The number of hydrogen-bond donors (Lipinski definition) is 1. The first-order valence-corrected chi connectivity index (χ1v) is 11.3. The van der Waals surface area contributed by atoms with Gasteiger partial charge in [0, 0.05) is 31.7 Å². The van der Waals surface area contributed by atoms with Crippen molar-refractivity contribution < 1.29 is 32.3 Å². The van der Waals surface area contributed by atoms with Crippen molar-refractivity contribution in [2.75, 3.05) is 39.4 Å². The van der Waals surface area contributed by atoms with E-state index in [1.807, 2.05) is 0 Å². The van der Waals surface area contributed by atoms with Crippen molar-refractivity contribution in [3.63, 3.8) is 0 Å². The Bertz CT molecular complexity index is 1000. The highest BCUT2D eigenvalue weighted by atomic mass is 32.2. The molecule has 1 fully saturated rings. The molecule has 1 aromatic rings. The molecule has 1 saturated heterocycles. The molecule has 2 heterocycles. The van der Waals surface area contributed by atoms with Crippen molar-refractivity contribution in [3.8, 4) is 0 Å². The number of sulfonamides is 1. The van der Waals surface area contributed by atoms with Gasteiger partial charge in [-0.2, -0.15) is 0 Å². The van der Waals surface area contributed by atoms with Crippen molar-refractivity contribution in [2.24, 2.45) is 4.99 Å². The summed E-state index contributed by atoms with van der Waals surface area (Å²) in [4.78, 5) is 43.5. The number of piperazine rings is 1. The van der Waals surface area contributed by atoms with Crippen molar-refractivity contribution in [3.05, 3.63) is 29.8 Å². The molecule has 0 bridgehead atoms. The molecule has 1 N–H and O–H groups in total. The van der Waals surface area contributed by atoms with E-state index in [2.05, 4.69) is 9.71 Å². The molecular formula is C19H24N4O7S. The molecule has 1 atom stereocenters. The Kier molecular flexibility index (Phi) is 6.78. The summed E-state index contributed by atoms with van der Waals surface area (Å²) < 4.78 is 36.5. The number of amidine groups is 1. The van der Waals surface area contributed by atoms with Gasteiger partial charge in [-0.3, -0.25) is 14.5 Å². The molecular weight excluding hydrogens is 428 g/mol. The fourth-order valence-corrected chi connectivity index (χ4v) is 4.41. The molecule has 2 aliphatic heterocycles. The van der Waals surface area contributed by atoms with E-state index in [0.29, 0.717) is 31.7 Å². The quantitative estimate of drug-likeness (QED) is 0.619. The molecule has 0 aromatic heterocycles. The van der Waals surface area contributed by atoms with Gasteiger partial charge in [-0.1, -0.05) is 12.1 Å². The van der Waals surface area contributed by atoms with E-state index < -0.39 is 34.7 Å². The van der Waals surface area contributed by atoms with Crippen LogP contribution in [-0.2, 0) is 29.1 Å². The van der Waals surface area contributed by atoms with E-state index in [1.54, 1.807) is 25.1 Å². The predicted molar refractivity (Wildman–Crippen MR) is 109 cm³/mol. The van der Waals surface area contributed by atoms with Gasteiger partial charge in [0.25, 0.3) is 15.9 Å². The SMILES string of the molecule is CCOC(=O)N1CCN(C(=O)COC(=O)[C@H](C)N=C2NS(=O)(=O)c3ccccc32)CC1. The number of rotatable bonds is 5. The van der Waals surface area contributed by atoms with Crippen LogP contribution in [0.3, 0.4) is 0 Å². The number of amides is 2. The van der Waals surface area contributed by atoms with Crippen LogP contribution in [0.2, 0.25) is 0 Å². The average Bonchev–Trinajstić information content (AvgIpc) is 3.02. The molecule has 0 unspecified atom stereocenters. The number of esters is 1. The van der Waals surface area contributed by atoms with Crippen LogP contribution < -0.4 is 4.72 Å². The summed E-state index contributed by atoms with van der Waals surface area (Å²) in [5.41, 5.74) is 0.373. The minimum absolute atomic E-state index is 0.0569. The van der Waals surface area contributed by atoms with Crippen LogP contribution in [0.15, 0.2) is 34.2 Å². The van der Waals surface area contributed by atoms with Crippen molar-refractivity contribution in [1.82, 2.24) is 14.5 Å². The lowest BCUT2D eigenvalue weighted by molar-refractivity contribution is -0.153. The van der Waals surface area contributed by atoms with E-state index in [0.717, 1.165) is 0 Å². The van der Waals surface area contributed by atoms with Crippen molar-refractivity contribution in [2.45, 2.75) is 24.8 Å². The fraction of sp³-hybridized carbons (Fsp3) is 0.474. The topological polar surface area (TPSA) is 135 Å². The maximum atomic E-state index is 12.3. The van der Waals surface area contributed by atoms with Gasteiger partial charge in [-0.25, -0.2) is 18.0 Å². The molecule has 0 saturated carbocycles. The van der Waals surface area contributed by atoms with Crippen LogP contribution in [0.25, 0.3) is 0 Å². The minimum atomic E-state index is -3.71. The summed E-state index contributed by atoms with van der Waals surface area (Å²) >= 11 is 0. The van der Waals surface area contributed by atoms with Gasteiger partial charge in [0.15, 0.2) is 6.61 Å². The second-order valence-electron chi connectivity index (χ2n) is 6.93. The molecule has 168 valence electrons. The number of nitrogens with zero attached hydrogens (tertiary/aromatic N) is 3. The zero-order chi connectivity index (χ0) is 22.6. The van der Waals surface area contributed by atoms with Gasteiger partial charge >= 0.3 is 12.1 Å². The van der Waals surface area contributed by atoms with Gasteiger partial charge in [-0.05, 0) is 26.0 Å². The second-order valence-corrected chi connectivity index (χ2v) is 8.58. The Morgan fingerprint density at radius 2 is 1.74 bits per heavy atom. The summed E-state index contributed by atoms with van der Waals surface area (Å²) in [7, 11) is -3.71. The lowest BCUT2D eigenvalue weighted by Gasteiger charge is -2.33. The predicted octanol–water partition coefficient (Wildman–Crippen LogP) is -0.0425. The van der Waals surface area contributed by atoms with E-state index in [-0.39, 0.29) is 23.2 Å². The molecule has 1 aromatic carbocycles. The van der Waals surface area contributed by atoms with Crippen LogP contribution in [0, 0.1) is 0 Å². The molecule has 0 radical (unpaired) electrons. The molecule has 2 aliphatic rings. The van der Waals surface area contributed by atoms with Crippen LogP contribution in [0.4, 0.5) is 4.79 Å². The highest BCUT2D eigenvalue weighted by Gasteiger charge is 2.31. The van der Waals surface area contributed by atoms with E-state index in [4.69, 9.17) is 9.47 Å². The number of carbonyl (C=O) groups excluding carboxylic acids is 3. The smallest absolute Gasteiger partial charge is 0.409 e. The van der Waals surface area contributed by atoms with Crippen LogP contribution in [0.1, 0.15) is 19.4 Å². The monoisotopic (exact) mass is 452 g/mol. The number of ether oxygens (including phenoxy) is 2. The first-order chi connectivity index (χ1) is 14.7. The summed E-state index contributed by atoms with van der Waals surface area (Å²) in [6.07, 6.45) is -0.418. The van der Waals surface area contributed by atoms with Gasteiger partial charge < -0.3 is 19.3 Å². The number of carbonyl (C=O) groups is 3. The Balaban J connectivity index is 1.52. The van der Waals surface area contributed by atoms with Crippen LogP contribution in [0.5, 0.6) is 0 Å². The molecule has 12 heteroatoms. The number of aliphatic imine (C=N–C) groups is 1. The third-order valence-electron chi connectivity index (χ3n) is 4.82. The van der Waals surface area contributed by atoms with E-state index >= 15 is 0 Å². The minimum Gasteiger partial charge on any atom is -0.454 e. The molecule has 0 aliphatic carbocycles. The lowest BCUT2D eigenvalue weighted by atomic mass is 10.2. The first-order valence-electron chi connectivity index (χ1n) is 9.79. The number of nitrogens with one attached hydrogen (secondary N) is 1. The molecule has 31 heavy (non-hydrogen) atoms. The van der Waals surface area contributed by atoms with Gasteiger partial charge in [0.1, 0.15) is 11.9 Å². The molecule has 2 amide bonds. The maximum Gasteiger partial charge on any atom is 0.409 e. The molecule has 0 spiro atoms. The summed E-state index contributed by atoms with van der Waals surface area (Å²) in [6, 6.07) is 5.28. The Labute approximate surface area is 180 Å². The zero-order valence-electron chi connectivity index (χ0n) is 17.2. The Morgan fingerprint density at radius 3 is 2.42 bits per heavy atom. The second kappa shape index (κ2) is 9.33. The van der Waals surface area contributed by atoms with E-state index in [9.17, 15) is 22.8 Å². The highest BCUT2D eigenvalue weighted by molar-refractivity contribution is 7.90. The normalized spacial score (nSPS) is 19.4. The third-order valence-corrected chi connectivity index (χ3v) is 6.22. The largest absolute Gasteiger partial charge is 0.454 e. The maximum absolute atomic E-state index is 12.3. The van der Waals surface area contributed by atoms with Crippen LogP contribution >= 0.6 is 0 Å². The lowest BCUT2D eigenvalue weighted by Crippen LogP contribution is -2.51. The number of hydrogen-bond acceptors (Lipinski definition) is 8. The number of benzene rings is 1. The highest BCUT2D eigenvalue weighted by Crippen LogP contribution is 2.22. The van der Waals surface area contributed by atoms with Gasteiger partial charge in [0.05, 0.1) is 11.5 Å². The zero-order valence-corrected chi connectivity index (χ0v) is 18.1. The Hall–Kier alpha value is -3.15. The summed E-state index contributed by atoms with van der Waals surface area (Å²) in [6.45, 7) is 4.28. The summed E-state index contributed by atoms with van der Waals surface area (Å²) in [5.74, 6) is -1.08. The third kappa shape index (κ3) is 5.13. The number of fused-ring (bicyclic) bond motifs is 1. The van der Waals surface area contributed by atoms with Crippen LogP contribution in [-0.4, -0.2) is 87.5 Å². The van der Waals surface area contributed by atoms with Crippen molar-refractivity contribution >= 4 is 33.8 Å². The standard InChI is InChI=1S/C19H24N4O7S/c1-3-29-19(26)23-10-8-22(9-11-23)16(24)12-30-18(25)13(2)20-17-14-6-4-5-7-15(14)31(27,28)21-17/h4-7,13H,3,8-12H2,1-2H3,(H,20,21)/t13-/m0/s1. The van der Waals surface area contributed by atoms with Gasteiger partial charge in [0.2, 0.25) is 0 Å². The first kappa shape index (κ1) is 22.5. The average molecular weight is 452 g/mol. The fourth-order valence-electron chi connectivity index (χ4n) is 3.17. The Morgan fingerprint density at radius 1 is 1.10 bits per heavy atom. The van der Waals surface area contributed by atoms with Gasteiger partial charge in [-0.15, -0.1) is 0 Å². The summed E-state index contributed by atoms with van der Waals surface area (Å²) in [5, 5.41) is 0. The van der Waals surface area contributed by atoms with Crippen molar-refractivity contribution in [1.29, 1.82) is 0 Å². The van der Waals surface area contributed by atoms with E-state index in [1.165, 1.54) is 22.8 Å². The molecule has 3 rings (SSSR count).